The molecule has 2 amide bonds. The number of fused-ring (bicyclic) bond motifs is 2. The summed E-state index contributed by atoms with van der Waals surface area (Å²) in [5, 5.41) is 7.64. The molecule has 6 heteroatoms. The zero-order valence-corrected chi connectivity index (χ0v) is 21.1. The Balaban J connectivity index is 1.22. The normalized spacial score (nSPS) is 24.9. The lowest BCUT2D eigenvalue weighted by atomic mass is 9.95. The van der Waals surface area contributed by atoms with Crippen LogP contribution in [-0.4, -0.2) is 46.8 Å². The van der Waals surface area contributed by atoms with Crippen molar-refractivity contribution < 1.29 is 9.59 Å². The quantitative estimate of drug-likeness (QED) is 0.569. The fourth-order valence-electron chi connectivity index (χ4n) is 6.76. The molecule has 2 atom stereocenters. The Morgan fingerprint density at radius 3 is 1.39 bits per heavy atom. The molecular formula is C30H38N4O2. The van der Waals surface area contributed by atoms with Crippen LogP contribution in [-0.2, 0) is 0 Å². The van der Waals surface area contributed by atoms with Gasteiger partial charge in [0.1, 0.15) is 12.3 Å². The summed E-state index contributed by atoms with van der Waals surface area (Å²) in [5.74, 6) is 0.139. The topological polar surface area (TPSA) is 64.7 Å². The predicted molar refractivity (Wildman–Crippen MR) is 140 cm³/mol. The molecule has 0 spiro atoms. The molecular weight excluding hydrogens is 448 g/mol. The van der Waals surface area contributed by atoms with Crippen molar-refractivity contribution in [3.05, 3.63) is 70.8 Å². The number of hydrogen-bond donors (Lipinski definition) is 2. The molecule has 6 nitrogen and oxygen atoms in total. The maximum Gasteiger partial charge on any atom is 0.255 e. The molecule has 0 bridgehead atoms. The Kier molecular flexibility index (Phi) is 6.81. The van der Waals surface area contributed by atoms with Gasteiger partial charge in [0.15, 0.2) is 0 Å². The monoisotopic (exact) mass is 486 g/mol. The van der Waals surface area contributed by atoms with Crippen molar-refractivity contribution in [3.63, 3.8) is 0 Å². The van der Waals surface area contributed by atoms with E-state index in [1.165, 1.54) is 38.5 Å². The lowest BCUT2D eigenvalue weighted by Crippen LogP contribution is -2.48. The van der Waals surface area contributed by atoms with Gasteiger partial charge in [0.25, 0.3) is 11.8 Å². The second kappa shape index (κ2) is 10.3. The fourth-order valence-corrected chi connectivity index (χ4v) is 6.76. The summed E-state index contributed by atoms with van der Waals surface area (Å²) in [7, 11) is 0. The second-order valence-electron chi connectivity index (χ2n) is 11.0. The van der Waals surface area contributed by atoms with Gasteiger partial charge in [-0.2, -0.15) is 0 Å². The maximum absolute atomic E-state index is 13.5. The third kappa shape index (κ3) is 4.46. The summed E-state index contributed by atoms with van der Waals surface area (Å²) >= 11 is 0. The van der Waals surface area contributed by atoms with Gasteiger partial charge in [-0.1, -0.05) is 74.9 Å². The Morgan fingerprint density at radius 2 is 0.972 bits per heavy atom. The SMILES string of the molecule is O=C1c2ccccc2[C@@H](NC2CCCCC2)N1CCN1C(=O)c2ccccc2[C@H]1NC1CCCCC1. The van der Waals surface area contributed by atoms with Crippen LogP contribution in [0.2, 0.25) is 0 Å². The van der Waals surface area contributed by atoms with E-state index in [9.17, 15) is 9.59 Å². The molecule has 0 aromatic heterocycles. The van der Waals surface area contributed by atoms with Gasteiger partial charge >= 0.3 is 0 Å². The molecule has 2 saturated carbocycles. The van der Waals surface area contributed by atoms with E-state index < -0.39 is 0 Å². The Labute approximate surface area is 214 Å². The fraction of sp³-hybridized carbons (Fsp3) is 0.533. The molecule has 6 rings (SSSR count). The summed E-state index contributed by atoms with van der Waals surface area (Å²) in [6.45, 7) is 1.03. The molecule has 0 radical (unpaired) electrons. The van der Waals surface area contributed by atoms with Gasteiger partial charge < -0.3 is 9.80 Å². The molecule has 0 saturated heterocycles. The van der Waals surface area contributed by atoms with E-state index in [-0.39, 0.29) is 24.1 Å². The predicted octanol–water partition coefficient (Wildman–Crippen LogP) is 5.14. The van der Waals surface area contributed by atoms with Gasteiger partial charge in [-0.05, 0) is 37.8 Å². The molecule has 2 heterocycles. The van der Waals surface area contributed by atoms with Crippen LogP contribution >= 0.6 is 0 Å². The number of benzene rings is 2. The van der Waals surface area contributed by atoms with Crippen LogP contribution in [0.5, 0.6) is 0 Å². The molecule has 2 aromatic rings. The molecule has 2 aromatic carbocycles. The maximum atomic E-state index is 13.5. The molecule has 190 valence electrons. The van der Waals surface area contributed by atoms with Gasteiger partial charge in [0, 0.05) is 47.4 Å². The zero-order chi connectivity index (χ0) is 24.5. The van der Waals surface area contributed by atoms with Gasteiger partial charge in [-0.15, -0.1) is 0 Å². The van der Waals surface area contributed by atoms with Crippen LogP contribution in [0, 0.1) is 0 Å². The Morgan fingerprint density at radius 1 is 0.583 bits per heavy atom. The van der Waals surface area contributed by atoms with Crippen molar-refractivity contribution >= 4 is 11.8 Å². The largest absolute Gasteiger partial charge is 0.317 e. The molecule has 0 unspecified atom stereocenters. The van der Waals surface area contributed by atoms with Crippen LogP contribution in [0.25, 0.3) is 0 Å². The van der Waals surface area contributed by atoms with Gasteiger partial charge in [-0.3, -0.25) is 20.2 Å². The summed E-state index contributed by atoms with van der Waals surface area (Å²) in [4.78, 5) is 31.0. The minimum absolute atomic E-state index is 0.0693. The summed E-state index contributed by atoms with van der Waals surface area (Å²) in [6, 6.07) is 16.9. The third-order valence-electron chi connectivity index (χ3n) is 8.70. The van der Waals surface area contributed by atoms with Crippen molar-refractivity contribution in [2.75, 3.05) is 13.1 Å². The van der Waals surface area contributed by atoms with E-state index in [0.717, 1.165) is 47.9 Å². The van der Waals surface area contributed by atoms with Crippen molar-refractivity contribution in [1.82, 2.24) is 20.4 Å². The summed E-state index contributed by atoms with van der Waals surface area (Å²) < 4.78 is 0. The van der Waals surface area contributed by atoms with Crippen molar-refractivity contribution in [2.45, 2.75) is 88.6 Å². The highest BCUT2D eigenvalue weighted by atomic mass is 16.2. The van der Waals surface area contributed by atoms with Gasteiger partial charge in [0.05, 0.1) is 0 Å². The highest BCUT2D eigenvalue weighted by molar-refractivity contribution is 6.00. The number of carbonyl (C=O) groups is 2. The van der Waals surface area contributed by atoms with Gasteiger partial charge in [-0.25, -0.2) is 0 Å². The van der Waals surface area contributed by atoms with E-state index in [4.69, 9.17) is 0 Å². The first-order valence-corrected chi connectivity index (χ1v) is 14.0. The van der Waals surface area contributed by atoms with Crippen molar-refractivity contribution in [1.29, 1.82) is 0 Å². The van der Waals surface area contributed by atoms with Crippen LogP contribution in [0.3, 0.4) is 0 Å². The van der Waals surface area contributed by atoms with Gasteiger partial charge in [0.2, 0.25) is 0 Å². The standard InChI is InChI=1S/C30H38N4O2/c35-29-25-17-9-7-15-23(25)27(31-21-11-3-1-4-12-21)33(29)19-20-34-28(32-22-13-5-2-6-14-22)24-16-8-10-18-26(24)30(34)36/h7-10,15-18,21-22,27-28,31-32H,1-6,11-14,19-20H2/t27-,28-/m0/s1. The van der Waals surface area contributed by atoms with Crippen LogP contribution < -0.4 is 10.6 Å². The molecule has 2 aliphatic heterocycles. The van der Waals surface area contributed by atoms with Crippen LogP contribution in [0.4, 0.5) is 0 Å². The van der Waals surface area contributed by atoms with Crippen molar-refractivity contribution in [2.24, 2.45) is 0 Å². The number of amides is 2. The van der Waals surface area contributed by atoms with E-state index >= 15 is 0 Å². The Hall–Kier alpha value is -2.70. The summed E-state index contributed by atoms with van der Waals surface area (Å²) in [5.41, 5.74) is 3.72. The first kappa shape index (κ1) is 23.7. The molecule has 36 heavy (non-hydrogen) atoms. The van der Waals surface area contributed by atoms with Crippen LogP contribution in [0.1, 0.15) is 108 Å². The lowest BCUT2D eigenvalue weighted by Gasteiger charge is -2.35. The number of hydrogen-bond acceptors (Lipinski definition) is 4. The average Bonchev–Trinajstić information content (AvgIpc) is 3.34. The molecule has 2 N–H and O–H groups in total. The van der Waals surface area contributed by atoms with E-state index in [1.54, 1.807) is 0 Å². The number of rotatable bonds is 7. The van der Waals surface area contributed by atoms with E-state index in [1.807, 2.05) is 46.2 Å². The van der Waals surface area contributed by atoms with Crippen LogP contribution in [0.15, 0.2) is 48.5 Å². The highest BCUT2D eigenvalue weighted by Gasteiger charge is 2.41. The second-order valence-corrected chi connectivity index (χ2v) is 11.0. The van der Waals surface area contributed by atoms with E-state index in [0.29, 0.717) is 25.2 Å². The molecule has 2 fully saturated rings. The molecule has 2 aliphatic carbocycles. The number of nitrogens with zero attached hydrogens (tertiary/aromatic N) is 2. The highest BCUT2D eigenvalue weighted by Crippen LogP contribution is 2.36. The smallest absolute Gasteiger partial charge is 0.255 e. The number of nitrogens with one attached hydrogen (secondary N) is 2. The Bertz CT molecular complexity index is 1020. The summed E-state index contributed by atoms with van der Waals surface area (Å²) in [6.07, 6.45) is 12.0. The van der Waals surface area contributed by atoms with E-state index in [2.05, 4.69) is 22.8 Å². The zero-order valence-electron chi connectivity index (χ0n) is 21.1. The number of carbonyl (C=O) groups excluding carboxylic acids is 2. The average molecular weight is 487 g/mol. The minimum Gasteiger partial charge on any atom is -0.317 e. The third-order valence-corrected chi connectivity index (χ3v) is 8.70. The molecule has 4 aliphatic rings. The van der Waals surface area contributed by atoms with Crippen molar-refractivity contribution in [3.8, 4) is 0 Å². The first-order chi connectivity index (χ1) is 17.7. The minimum atomic E-state index is -0.123. The first-order valence-electron chi connectivity index (χ1n) is 14.0. The lowest BCUT2D eigenvalue weighted by molar-refractivity contribution is 0.0533.